The normalized spacial score (nSPS) is 62.2. The summed E-state index contributed by atoms with van der Waals surface area (Å²) in [6.45, 7) is 8.79. The van der Waals surface area contributed by atoms with Crippen molar-refractivity contribution in [2.45, 2.75) is 78.4 Å². The summed E-state index contributed by atoms with van der Waals surface area (Å²) in [6, 6.07) is 0. The lowest BCUT2D eigenvalue weighted by molar-refractivity contribution is -0.235. The van der Waals surface area contributed by atoms with E-state index >= 15 is 0 Å². The van der Waals surface area contributed by atoms with E-state index in [9.17, 15) is 15.0 Å². The fourth-order valence-corrected chi connectivity index (χ4v) is 9.21. The second-order valence-corrected chi connectivity index (χ2v) is 11.4. The van der Waals surface area contributed by atoms with Crippen molar-refractivity contribution in [2.75, 3.05) is 6.61 Å². The van der Waals surface area contributed by atoms with Crippen LogP contribution in [0.3, 0.4) is 0 Å². The van der Waals surface area contributed by atoms with Gasteiger partial charge in [-0.1, -0.05) is 20.8 Å². The molecule has 6 fully saturated rings. The number of hydrogen-bond donors (Lipinski definition) is 2. The number of hydrogen-bond acceptors (Lipinski definition) is 4. The summed E-state index contributed by atoms with van der Waals surface area (Å²) in [4.78, 5) is 11.4. The first-order valence-electron chi connectivity index (χ1n) is 10.5. The summed E-state index contributed by atoms with van der Waals surface area (Å²) in [7, 11) is 0. The van der Waals surface area contributed by atoms with E-state index in [1.54, 1.807) is 0 Å². The van der Waals surface area contributed by atoms with Gasteiger partial charge in [0.15, 0.2) is 0 Å². The molecule has 10 atom stereocenters. The van der Waals surface area contributed by atoms with Crippen molar-refractivity contribution in [3.8, 4) is 0 Å². The van der Waals surface area contributed by atoms with E-state index in [0.29, 0.717) is 30.3 Å². The van der Waals surface area contributed by atoms with Crippen molar-refractivity contribution in [3.63, 3.8) is 0 Å². The lowest BCUT2D eigenvalue weighted by Crippen LogP contribution is -2.65. The summed E-state index contributed by atoms with van der Waals surface area (Å²) >= 11 is 0. The highest BCUT2D eigenvalue weighted by atomic mass is 16.5. The monoisotopic (exact) mass is 362 g/mol. The van der Waals surface area contributed by atoms with E-state index in [1.807, 2.05) is 0 Å². The number of aliphatic hydroxyl groups excluding tert-OH is 2. The molecular formula is C22H34O4. The SMILES string of the molecule is CC(=O)OC[C@@]1(C)C[C@H](O)C[C@]2(C)[C@@H]1C[C@H](O)[C@@]13C[C@@H]4[C@@H](C[C@@H]21)[C@]4(C)C3. The number of aliphatic hydroxyl groups is 2. The molecule has 0 heterocycles. The quantitative estimate of drug-likeness (QED) is 0.741. The van der Waals surface area contributed by atoms with E-state index < -0.39 is 0 Å². The fourth-order valence-electron chi connectivity index (χ4n) is 9.21. The molecular weight excluding hydrogens is 328 g/mol. The van der Waals surface area contributed by atoms with Crippen molar-refractivity contribution in [3.05, 3.63) is 0 Å². The third kappa shape index (κ3) is 1.91. The fraction of sp³-hybridized carbons (Fsp3) is 0.955. The number of carbonyl (C=O) groups excluding carboxylic acids is 1. The summed E-state index contributed by atoms with van der Waals surface area (Å²) < 4.78 is 5.45. The summed E-state index contributed by atoms with van der Waals surface area (Å²) in [5.74, 6) is 2.19. The first-order valence-corrected chi connectivity index (χ1v) is 10.5. The van der Waals surface area contributed by atoms with E-state index in [-0.39, 0.29) is 34.4 Å². The van der Waals surface area contributed by atoms with Crippen LogP contribution < -0.4 is 0 Å². The minimum absolute atomic E-state index is 0.0285. The Bertz CT molecular complexity index is 663. The van der Waals surface area contributed by atoms with Gasteiger partial charge in [0, 0.05) is 17.8 Å². The molecule has 0 saturated heterocycles. The topological polar surface area (TPSA) is 66.8 Å². The van der Waals surface area contributed by atoms with Crippen LogP contribution >= 0.6 is 0 Å². The summed E-state index contributed by atoms with van der Waals surface area (Å²) in [5.41, 5.74) is 0.322. The number of ether oxygens (including phenoxy) is 1. The van der Waals surface area contributed by atoms with Crippen LogP contribution in [0.1, 0.15) is 66.2 Å². The zero-order valence-corrected chi connectivity index (χ0v) is 16.6. The van der Waals surface area contributed by atoms with Gasteiger partial charge in [-0.2, -0.15) is 0 Å². The highest BCUT2D eigenvalue weighted by Gasteiger charge is 2.80. The largest absolute Gasteiger partial charge is 0.465 e. The van der Waals surface area contributed by atoms with E-state index in [4.69, 9.17) is 4.74 Å². The molecule has 1 spiro atoms. The standard InChI is InChI=1S/C22H34O4/c1-12(23)26-11-19(2)7-13(24)8-20(3)16(19)6-18(25)22-9-15-14(5-17(20)22)21(15,4)10-22/h13-18,24-25H,5-11H2,1-4H3/t13-,14+,15+,16+,17-,18-,19+,20+,21-,22+/m0/s1. The van der Waals surface area contributed by atoms with Gasteiger partial charge in [0.1, 0.15) is 0 Å². The highest BCUT2D eigenvalue weighted by molar-refractivity contribution is 5.65. The second kappa shape index (κ2) is 4.86. The molecule has 4 nitrogen and oxygen atoms in total. The van der Waals surface area contributed by atoms with Gasteiger partial charge in [-0.25, -0.2) is 0 Å². The number of esters is 1. The van der Waals surface area contributed by atoms with Gasteiger partial charge in [-0.15, -0.1) is 0 Å². The minimum Gasteiger partial charge on any atom is -0.465 e. The van der Waals surface area contributed by atoms with Crippen molar-refractivity contribution in [2.24, 2.45) is 45.3 Å². The summed E-state index contributed by atoms with van der Waals surface area (Å²) in [6.07, 6.45) is 5.30. The Morgan fingerprint density at radius 2 is 1.73 bits per heavy atom. The molecule has 0 aliphatic heterocycles. The second-order valence-electron chi connectivity index (χ2n) is 11.4. The molecule has 2 N–H and O–H groups in total. The zero-order chi connectivity index (χ0) is 18.7. The van der Waals surface area contributed by atoms with Crippen molar-refractivity contribution < 1.29 is 19.7 Å². The zero-order valence-electron chi connectivity index (χ0n) is 16.6. The average Bonchev–Trinajstić information content (AvgIpc) is 2.99. The van der Waals surface area contributed by atoms with Crippen LogP contribution in [0.15, 0.2) is 0 Å². The molecule has 0 unspecified atom stereocenters. The number of carbonyl (C=O) groups is 1. The Hall–Kier alpha value is -0.610. The van der Waals surface area contributed by atoms with Crippen LogP contribution in [0, 0.1) is 45.3 Å². The van der Waals surface area contributed by atoms with E-state index in [0.717, 1.165) is 24.7 Å². The van der Waals surface area contributed by atoms with Crippen LogP contribution in [0.5, 0.6) is 0 Å². The van der Waals surface area contributed by atoms with E-state index in [1.165, 1.54) is 26.2 Å². The molecule has 4 heteroatoms. The Balaban J connectivity index is 1.52. The van der Waals surface area contributed by atoms with Gasteiger partial charge < -0.3 is 14.9 Å². The molecule has 26 heavy (non-hydrogen) atoms. The van der Waals surface area contributed by atoms with Gasteiger partial charge in [0.25, 0.3) is 0 Å². The van der Waals surface area contributed by atoms with E-state index in [2.05, 4.69) is 20.8 Å². The van der Waals surface area contributed by atoms with Gasteiger partial charge >= 0.3 is 5.97 Å². The van der Waals surface area contributed by atoms with Gasteiger partial charge in [-0.05, 0) is 73.0 Å². The van der Waals surface area contributed by atoms with Gasteiger partial charge in [0.05, 0.1) is 18.8 Å². The molecule has 0 aromatic carbocycles. The lowest BCUT2D eigenvalue weighted by Gasteiger charge is -2.67. The molecule has 0 aromatic rings. The molecule has 6 aliphatic rings. The maximum absolute atomic E-state index is 11.4. The Morgan fingerprint density at radius 1 is 1.00 bits per heavy atom. The molecule has 146 valence electrons. The van der Waals surface area contributed by atoms with Crippen molar-refractivity contribution in [1.29, 1.82) is 0 Å². The highest BCUT2D eigenvalue weighted by Crippen LogP contribution is 2.85. The molecule has 6 saturated carbocycles. The number of rotatable bonds is 2. The van der Waals surface area contributed by atoms with Crippen molar-refractivity contribution >= 4 is 5.97 Å². The van der Waals surface area contributed by atoms with Crippen LogP contribution in [-0.4, -0.2) is 35.0 Å². The van der Waals surface area contributed by atoms with Crippen LogP contribution in [0.25, 0.3) is 0 Å². The first kappa shape index (κ1) is 17.5. The number of fused-ring (bicyclic) bond motifs is 1. The first-order chi connectivity index (χ1) is 12.1. The van der Waals surface area contributed by atoms with Crippen LogP contribution in [0.2, 0.25) is 0 Å². The predicted molar refractivity (Wildman–Crippen MR) is 97.1 cm³/mol. The Morgan fingerprint density at radius 3 is 2.35 bits per heavy atom. The Kier molecular flexibility index (Phi) is 3.27. The maximum Gasteiger partial charge on any atom is 0.302 e. The molecule has 0 radical (unpaired) electrons. The third-order valence-electron chi connectivity index (χ3n) is 10.1. The lowest BCUT2D eigenvalue weighted by atomic mass is 9.38. The van der Waals surface area contributed by atoms with Crippen LogP contribution in [-0.2, 0) is 9.53 Å². The summed E-state index contributed by atoms with van der Waals surface area (Å²) in [5, 5.41) is 22.2. The molecule has 0 amide bonds. The molecule has 6 rings (SSSR count). The smallest absolute Gasteiger partial charge is 0.302 e. The maximum atomic E-state index is 11.4. The van der Waals surface area contributed by atoms with Crippen molar-refractivity contribution in [1.82, 2.24) is 0 Å². The van der Waals surface area contributed by atoms with Crippen LogP contribution in [0.4, 0.5) is 0 Å². The molecule has 0 aromatic heterocycles. The molecule has 6 aliphatic carbocycles. The van der Waals surface area contributed by atoms with Gasteiger partial charge in [0.2, 0.25) is 0 Å². The predicted octanol–water partition coefficient (Wildman–Crippen LogP) is 3.15. The molecule has 4 bridgehead atoms. The third-order valence-corrected chi connectivity index (χ3v) is 10.1. The van der Waals surface area contributed by atoms with Gasteiger partial charge in [-0.3, -0.25) is 4.79 Å². The minimum atomic E-state index is -0.340. The Labute approximate surface area is 156 Å². The average molecular weight is 363 g/mol.